The molecule has 0 amide bonds. The lowest BCUT2D eigenvalue weighted by Crippen LogP contribution is -2.08. The number of rotatable bonds is 10. The molecule has 162 valence electrons. The maximum Gasteiger partial charge on any atom is 0.310 e. The normalized spacial score (nSPS) is 11.8. The van der Waals surface area contributed by atoms with Gasteiger partial charge in [-0.1, -0.05) is 66.7 Å². The Balaban J connectivity index is 1.84. The monoisotopic (exact) mass is 417 g/mol. The minimum Gasteiger partial charge on any atom is -0.466 e. The summed E-state index contributed by atoms with van der Waals surface area (Å²) in [6.45, 7) is 10.3. The first-order chi connectivity index (χ1) is 15.0. The van der Waals surface area contributed by atoms with E-state index in [1.54, 1.807) is 0 Å². The first-order valence-electron chi connectivity index (χ1n) is 10.9. The van der Waals surface area contributed by atoms with Crippen LogP contribution < -0.4 is 0 Å². The zero-order valence-corrected chi connectivity index (χ0v) is 18.7. The molecule has 0 aliphatic carbocycles. The molecule has 0 spiro atoms. The summed E-state index contributed by atoms with van der Waals surface area (Å²) in [5, 5.41) is 4.22. The van der Waals surface area contributed by atoms with Gasteiger partial charge in [0.15, 0.2) is 5.76 Å². The number of esters is 1. The fraction of sp³-hybridized carbons (Fsp3) is 0.333. The van der Waals surface area contributed by atoms with Gasteiger partial charge in [-0.15, -0.1) is 6.58 Å². The van der Waals surface area contributed by atoms with Gasteiger partial charge < -0.3 is 9.26 Å². The highest BCUT2D eigenvalue weighted by Crippen LogP contribution is 2.32. The van der Waals surface area contributed by atoms with E-state index in [9.17, 15) is 4.79 Å². The van der Waals surface area contributed by atoms with Crippen LogP contribution in [0.1, 0.15) is 43.5 Å². The second-order valence-corrected chi connectivity index (χ2v) is 7.97. The Hall–Kier alpha value is -3.14. The van der Waals surface area contributed by atoms with E-state index in [0.29, 0.717) is 12.5 Å². The van der Waals surface area contributed by atoms with Crippen molar-refractivity contribution in [2.24, 2.45) is 5.92 Å². The van der Waals surface area contributed by atoms with E-state index in [1.807, 2.05) is 44.2 Å². The van der Waals surface area contributed by atoms with Crippen molar-refractivity contribution in [2.45, 2.75) is 46.5 Å². The topological polar surface area (TPSA) is 52.3 Å². The van der Waals surface area contributed by atoms with Gasteiger partial charge in [0, 0.05) is 11.1 Å². The molecule has 1 heterocycles. The average Bonchev–Trinajstić information content (AvgIpc) is 3.13. The van der Waals surface area contributed by atoms with Gasteiger partial charge in [-0.3, -0.25) is 4.79 Å². The maximum atomic E-state index is 12.0. The molecule has 0 radical (unpaired) electrons. The Morgan fingerprint density at radius 1 is 1.16 bits per heavy atom. The predicted molar refractivity (Wildman–Crippen MR) is 125 cm³/mol. The summed E-state index contributed by atoms with van der Waals surface area (Å²) in [4.78, 5) is 12.0. The number of hydrogen-bond acceptors (Lipinski definition) is 4. The second kappa shape index (κ2) is 10.8. The van der Waals surface area contributed by atoms with Gasteiger partial charge in [-0.25, -0.2) is 0 Å². The van der Waals surface area contributed by atoms with E-state index in [1.165, 1.54) is 5.56 Å². The Labute approximate surface area is 184 Å². The van der Waals surface area contributed by atoms with Crippen LogP contribution in [0.15, 0.2) is 65.7 Å². The summed E-state index contributed by atoms with van der Waals surface area (Å²) in [5.41, 5.74) is 6.19. The van der Waals surface area contributed by atoms with Crippen molar-refractivity contribution in [3.8, 4) is 22.5 Å². The Kier molecular flexibility index (Phi) is 7.82. The largest absolute Gasteiger partial charge is 0.466 e. The van der Waals surface area contributed by atoms with Crippen molar-refractivity contribution in [1.29, 1.82) is 0 Å². The van der Waals surface area contributed by atoms with Crippen molar-refractivity contribution < 1.29 is 14.1 Å². The molecule has 0 saturated heterocycles. The van der Waals surface area contributed by atoms with Crippen LogP contribution in [0, 0.1) is 12.8 Å². The summed E-state index contributed by atoms with van der Waals surface area (Å²) in [6, 6.07) is 16.2. The summed E-state index contributed by atoms with van der Waals surface area (Å²) in [7, 11) is 0. The number of allylic oxidation sites excluding steroid dienone is 1. The van der Waals surface area contributed by atoms with Gasteiger partial charge in [0.05, 0.1) is 18.7 Å². The van der Waals surface area contributed by atoms with Crippen molar-refractivity contribution >= 4 is 5.97 Å². The molecule has 3 rings (SSSR count). The smallest absolute Gasteiger partial charge is 0.310 e. The molecule has 0 bridgehead atoms. The summed E-state index contributed by atoms with van der Waals surface area (Å²) < 4.78 is 10.8. The molecule has 0 fully saturated rings. The highest BCUT2D eigenvalue weighted by molar-refractivity contribution is 5.78. The number of carbonyl (C=O) groups excluding carboxylic acids is 1. The standard InChI is InChI=1S/C27H31NO3/c1-5-7-10-19(3)17-25-20(4)28-31-27(25)22-15-13-21(14-16-22)24-12-9-8-11-23(24)18-26(29)30-6-2/h5,8-9,11-16,19H,1,6-7,10,17-18H2,2-4H3. The highest BCUT2D eigenvalue weighted by atomic mass is 16.5. The van der Waals surface area contributed by atoms with Crippen molar-refractivity contribution in [3.05, 3.63) is 78.0 Å². The van der Waals surface area contributed by atoms with Gasteiger partial charge in [-0.05, 0) is 55.7 Å². The SMILES string of the molecule is C=CCCC(C)Cc1c(C)noc1-c1ccc(-c2ccccc2CC(=O)OCC)cc1. The molecule has 2 aromatic carbocycles. The molecule has 0 aliphatic heterocycles. The number of ether oxygens (including phenoxy) is 1. The average molecular weight is 418 g/mol. The number of aryl methyl sites for hydroxylation is 1. The number of hydrogen-bond donors (Lipinski definition) is 0. The van der Waals surface area contributed by atoms with Crippen molar-refractivity contribution in [3.63, 3.8) is 0 Å². The van der Waals surface area contributed by atoms with E-state index >= 15 is 0 Å². The number of nitrogens with zero attached hydrogens (tertiary/aromatic N) is 1. The van der Waals surface area contributed by atoms with Crippen LogP contribution in [0.4, 0.5) is 0 Å². The maximum absolute atomic E-state index is 12.0. The van der Waals surface area contributed by atoms with Crippen LogP contribution in [0.25, 0.3) is 22.5 Å². The summed E-state index contributed by atoms with van der Waals surface area (Å²) in [6.07, 6.45) is 5.28. The number of carbonyl (C=O) groups is 1. The molecule has 4 heteroatoms. The highest BCUT2D eigenvalue weighted by Gasteiger charge is 2.18. The predicted octanol–water partition coefficient (Wildman–Crippen LogP) is 6.57. The van der Waals surface area contributed by atoms with Crippen LogP contribution in [-0.2, 0) is 22.4 Å². The summed E-state index contributed by atoms with van der Waals surface area (Å²) >= 11 is 0. The third kappa shape index (κ3) is 5.72. The van der Waals surface area contributed by atoms with Crippen molar-refractivity contribution in [1.82, 2.24) is 5.16 Å². The minimum atomic E-state index is -0.209. The van der Waals surface area contributed by atoms with Gasteiger partial charge in [0.1, 0.15) is 0 Å². The quantitative estimate of drug-likeness (QED) is 0.277. The molecular formula is C27H31NO3. The Bertz CT molecular complexity index is 1020. The zero-order chi connectivity index (χ0) is 22.2. The molecule has 1 unspecified atom stereocenters. The minimum absolute atomic E-state index is 0.209. The van der Waals surface area contributed by atoms with Crippen LogP contribution in [0.2, 0.25) is 0 Å². The third-order valence-corrected chi connectivity index (χ3v) is 5.52. The van der Waals surface area contributed by atoms with Gasteiger partial charge in [0.25, 0.3) is 0 Å². The van der Waals surface area contributed by atoms with Gasteiger partial charge >= 0.3 is 5.97 Å². The van der Waals surface area contributed by atoms with E-state index in [-0.39, 0.29) is 12.4 Å². The lowest BCUT2D eigenvalue weighted by molar-refractivity contribution is -0.142. The van der Waals surface area contributed by atoms with Crippen LogP contribution in [-0.4, -0.2) is 17.7 Å². The fourth-order valence-corrected chi connectivity index (χ4v) is 3.83. The lowest BCUT2D eigenvalue weighted by Gasteiger charge is -2.12. The molecule has 0 saturated carbocycles. The molecular weight excluding hydrogens is 386 g/mol. The number of benzene rings is 2. The number of aromatic nitrogens is 1. The molecule has 1 aromatic heterocycles. The second-order valence-electron chi connectivity index (χ2n) is 7.97. The van der Waals surface area contributed by atoms with E-state index in [0.717, 1.165) is 53.0 Å². The van der Waals surface area contributed by atoms with E-state index in [2.05, 4.69) is 42.9 Å². The molecule has 0 aliphatic rings. The van der Waals surface area contributed by atoms with E-state index in [4.69, 9.17) is 9.26 Å². The van der Waals surface area contributed by atoms with Gasteiger partial charge in [0.2, 0.25) is 0 Å². The molecule has 4 nitrogen and oxygen atoms in total. The van der Waals surface area contributed by atoms with E-state index < -0.39 is 0 Å². The first kappa shape index (κ1) is 22.5. The van der Waals surface area contributed by atoms with Gasteiger partial charge in [-0.2, -0.15) is 0 Å². The molecule has 1 atom stereocenters. The molecule has 0 N–H and O–H groups in total. The fourth-order valence-electron chi connectivity index (χ4n) is 3.83. The Morgan fingerprint density at radius 2 is 1.87 bits per heavy atom. The van der Waals surface area contributed by atoms with Crippen LogP contribution in [0.3, 0.4) is 0 Å². The zero-order valence-electron chi connectivity index (χ0n) is 18.7. The van der Waals surface area contributed by atoms with Crippen molar-refractivity contribution in [2.75, 3.05) is 6.61 Å². The summed E-state index contributed by atoms with van der Waals surface area (Å²) in [5.74, 6) is 1.16. The third-order valence-electron chi connectivity index (χ3n) is 5.52. The van der Waals surface area contributed by atoms with Crippen LogP contribution in [0.5, 0.6) is 0 Å². The lowest BCUT2D eigenvalue weighted by atomic mass is 9.92. The van der Waals surface area contributed by atoms with Crippen LogP contribution >= 0.6 is 0 Å². The molecule has 3 aromatic rings. The first-order valence-corrected chi connectivity index (χ1v) is 10.9. The molecule has 31 heavy (non-hydrogen) atoms. The Morgan fingerprint density at radius 3 is 2.58 bits per heavy atom.